The first kappa shape index (κ1) is 14.5. The zero-order chi connectivity index (χ0) is 14.9. The van der Waals surface area contributed by atoms with Gasteiger partial charge in [-0.2, -0.15) is 5.10 Å². The van der Waals surface area contributed by atoms with Crippen molar-refractivity contribution in [2.45, 2.75) is 25.3 Å². The first-order valence-electron chi connectivity index (χ1n) is 6.03. The van der Waals surface area contributed by atoms with Crippen molar-refractivity contribution in [3.8, 4) is 0 Å². The Balaban J connectivity index is 2.23. The first-order chi connectivity index (χ1) is 9.29. The quantitative estimate of drug-likeness (QED) is 0.907. The number of benzene rings is 1. The van der Waals surface area contributed by atoms with Crippen LogP contribution in [-0.2, 0) is 16.4 Å². The summed E-state index contributed by atoms with van der Waals surface area (Å²) < 4.78 is 36.4. The first-order valence-corrected chi connectivity index (χ1v) is 7.92. The van der Waals surface area contributed by atoms with Gasteiger partial charge in [-0.15, -0.1) is 0 Å². The molecule has 2 rings (SSSR count). The zero-order valence-electron chi connectivity index (χ0n) is 11.5. The van der Waals surface area contributed by atoms with Crippen molar-refractivity contribution < 1.29 is 12.8 Å². The van der Waals surface area contributed by atoms with E-state index < -0.39 is 15.7 Å². The predicted molar refractivity (Wildman–Crippen MR) is 74.9 cm³/mol. The van der Waals surface area contributed by atoms with E-state index >= 15 is 0 Å². The Labute approximate surface area is 117 Å². The molecule has 2 aromatic rings. The zero-order valence-corrected chi connectivity index (χ0v) is 12.3. The van der Waals surface area contributed by atoms with Crippen LogP contribution in [0.3, 0.4) is 0 Å². The predicted octanol–water partition coefficient (Wildman–Crippen LogP) is 2.18. The summed E-state index contributed by atoms with van der Waals surface area (Å²) >= 11 is 0. The fourth-order valence-electron chi connectivity index (χ4n) is 1.92. The van der Waals surface area contributed by atoms with Crippen molar-refractivity contribution >= 4 is 15.5 Å². The lowest BCUT2D eigenvalue weighted by atomic mass is 10.2. The number of hydrogen-bond acceptors (Lipinski definition) is 4. The van der Waals surface area contributed by atoms with Crippen molar-refractivity contribution in [1.29, 1.82) is 0 Å². The van der Waals surface area contributed by atoms with Gasteiger partial charge in [-0.3, -0.25) is 5.10 Å². The summed E-state index contributed by atoms with van der Waals surface area (Å²) in [5.74, 6) is -0.742. The molecule has 0 bridgehead atoms. The molecular formula is C13H16FN3O2S. The summed E-state index contributed by atoms with van der Waals surface area (Å²) in [5, 5.41) is 10.0. The van der Waals surface area contributed by atoms with E-state index in [1.165, 1.54) is 12.1 Å². The van der Waals surface area contributed by atoms with Crippen LogP contribution in [0.25, 0.3) is 0 Å². The van der Waals surface area contributed by atoms with Crippen molar-refractivity contribution in [3.05, 3.63) is 41.0 Å². The topological polar surface area (TPSA) is 74.8 Å². The Morgan fingerprint density at radius 3 is 2.60 bits per heavy atom. The van der Waals surface area contributed by atoms with Crippen LogP contribution < -0.4 is 5.32 Å². The molecule has 0 unspecified atom stereocenters. The highest BCUT2D eigenvalue weighted by Gasteiger charge is 2.14. The molecule has 1 heterocycles. The SMILES string of the molecule is Cc1n[nH]c(C)c1CNc1ccc(F)c(S(C)(=O)=O)c1. The molecule has 0 amide bonds. The summed E-state index contributed by atoms with van der Waals surface area (Å²) in [4.78, 5) is -0.303. The maximum absolute atomic E-state index is 13.5. The minimum atomic E-state index is -3.58. The molecule has 0 spiro atoms. The molecule has 108 valence electrons. The van der Waals surface area contributed by atoms with Gasteiger partial charge in [0.05, 0.1) is 5.69 Å². The largest absolute Gasteiger partial charge is 0.381 e. The number of hydrogen-bond donors (Lipinski definition) is 2. The number of halogens is 1. The van der Waals surface area contributed by atoms with Gasteiger partial charge in [0.2, 0.25) is 0 Å². The van der Waals surface area contributed by atoms with Gasteiger partial charge in [-0.25, -0.2) is 12.8 Å². The Kier molecular flexibility index (Phi) is 3.80. The molecule has 0 atom stereocenters. The molecule has 2 N–H and O–H groups in total. The molecule has 0 saturated heterocycles. The number of aromatic nitrogens is 2. The van der Waals surface area contributed by atoms with E-state index in [1.54, 1.807) is 0 Å². The Morgan fingerprint density at radius 2 is 2.05 bits per heavy atom. The summed E-state index contributed by atoms with van der Waals surface area (Å²) in [6.45, 7) is 4.28. The van der Waals surface area contributed by atoms with Crippen molar-refractivity contribution in [3.63, 3.8) is 0 Å². The smallest absolute Gasteiger partial charge is 0.178 e. The minimum Gasteiger partial charge on any atom is -0.381 e. The Morgan fingerprint density at radius 1 is 1.35 bits per heavy atom. The number of aryl methyl sites for hydroxylation is 2. The standard InChI is InChI=1S/C13H16FN3O2S/c1-8-11(9(2)17-16-8)7-15-10-4-5-12(14)13(6-10)20(3,18)19/h4-6,15H,7H2,1-3H3,(H,16,17). The van der Waals surface area contributed by atoms with Crippen molar-refractivity contribution in [2.24, 2.45) is 0 Å². The summed E-state index contributed by atoms with van der Waals surface area (Å²) in [5.41, 5.74) is 3.38. The van der Waals surface area contributed by atoms with Crippen LogP contribution in [-0.4, -0.2) is 24.9 Å². The molecule has 1 aromatic carbocycles. The van der Waals surface area contributed by atoms with E-state index in [0.29, 0.717) is 12.2 Å². The van der Waals surface area contributed by atoms with Crippen LogP contribution in [0.15, 0.2) is 23.1 Å². The van der Waals surface area contributed by atoms with Gasteiger partial charge in [-0.1, -0.05) is 0 Å². The van der Waals surface area contributed by atoms with Crippen LogP contribution in [0.1, 0.15) is 17.0 Å². The third-order valence-electron chi connectivity index (χ3n) is 3.08. The summed E-state index contributed by atoms with van der Waals surface area (Å²) in [6, 6.07) is 3.96. The van der Waals surface area contributed by atoms with E-state index in [-0.39, 0.29) is 4.90 Å². The van der Waals surface area contributed by atoms with Gasteiger partial charge in [0.1, 0.15) is 10.7 Å². The molecule has 0 aliphatic carbocycles. The fraction of sp³-hybridized carbons (Fsp3) is 0.308. The van der Waals surface area contributed by atoms with Crippen LogP contribution >= 0.6 is 0 Å². The molecule has 1 aromatic heterocycles. The van der Waals surface area contributed by atoms with E-state index in [1.807, 2.05) is 13.8 Å². The highest BCUT2D eigenvalue weighted by atomic mass is 32.2. The number of H-pyrrole nitrogens is 1. The van der Waals surface area contributed by atoms with Gasteiger partial charge >= 0.3 is 0 Å². The van der Waals surface area contributed by atoms with Crippen LogP contribution in [0, 0.1) is 19.7 Å². The Bertz CT molecular complexity index is 719. The van der Waals surface area contributed by atoms with Crippen molar-refractivity contribution in [1.82, 2.24) is 10.2 Å². The number of aromatic amines is 1. The average molecular weight is 297 g/mol. The van der Waals surface area contributed by atoms with E-state index in [2.05, 4.69) is 15.5 Å². The second-order valence-corrected chi connectivity index (χ2v) is 6.67. The molecule has 0 saturated carbocycles. The molecule has 7 heteroatoms. The fourth-order valence-corrected chi connectivity index (χ4v) is 2.69. The third kappa shape index (κ3) is 2.98. The maximum Gasteiger partial charge on any atom is 0.178 e. The summed E-state index contributed by atoms with van der Waals surface area (Å²) in [6.07, 6.45) is 0.986. The van der Waals surface area contributed by atoms with Gasteiger partial charge < -0.3 is 5.32 Å². The number of sulfone groups is 1. The highest BCUT2D eigenvalue weighted by molar-refractivity contribution is 7.90. The van der Waals surface area contributed by atoms with Crippen LogP contribution in [0.2, 0.25) is 0 Å². The number of nitrogens with zero attached hydrogens (tertiary/aromatic N) is 1. The van der Waals surface area contributed by atoms with Crippen LogP contribution in [0.5, 0.6) is 0 Å². The highest BCUT2D eigenvalue weighted by Crippen LogP contribution is 2.20. The lowest BCUT2D eigenvalue weighted by Gasteiger charge is -2.09. The molecular weight excluding hydrogens is 281 g/mol. The molecule has 0 aliphatic rings. The van der Waals surface area contributed by atoms with Crippen LogP contribution in [0.4, 0.5) is 10.1 Å². The van der Waals surface area contributed by atoms with E-state index in [4.69, 9.17) is 0 Å². The van der Waals surface area contributed by atoms with Gasteiger partial charge in [0, 0.05) is 29.7 Å². The third-order valence-corrected chi connectivity index (χ3v) is 4.19. The number of anilines is 1. The summed E-state index contributed by atoms with van der Waals surface area (Å²) in [7, 11) is -3.58. The normalized spacial score (nSPS) is 11.6. The molecule has 0 aliphatic heterocycles. The van der Waals surface area contributed by atoms with Crippen molar-refractivity contribution in [2.75, 3.05) is 11.6 Å². The van der Waals surface area contributed by atoms with E-state index in [9.17, 15) is 12.8 Å². The second kappa shape index (κ2) is 5.24. The lowest BCUT2D eigenvalue weighted by molar-refractivity contribution is 0.571. The van der Waals surface area contributed by atoms with E-state index in [0.717, 1.165) is 29.3 Å². The van der Waals surface area contributed by atoms with Gasteiger partial charge in [0.15, 0.2) is 9.84 Å². The molecule has 20 heavy (non-hydrogen) atoms. The molecule has 0 fully saturated rings. The average Bonchev–Trinajstić information content (AvgIpc) is 2.67. The lowest BCUT2D eigenvalue weighted by Crippen LogP contribution is -2.05. The second-order valence-electron chi connectivity index (χ2n) is 4.68. The maximum atomic E-state index is 13.5. The monoisotopic (exact) mass is 297 g/mol. The molecule has 0 radical (unpaired) electrons. The van der Waals surface area contributed by atoms with Gasteiger partial charge in [0.25, 0.3) is 0 Å². The van der Waals surface area contributed by atoms with Gasteiger partial charge in [-0.05, 0) is 32.0 Å². The number of nitrogens with one attached hydrogen (secondary N) is 2. The number of rotatable bonds is 4. The molecule has 5 nitrogen and oxygen atoms in total. The Hall–Kier alpha value is -1.89. The minimum absolute atomic E-state index is 0.303.